The van der Waals surface area contributed by atoms with E-state index in [0.29, 0.717) is 5.92 Å². The lowest BCUT2D eigenvalue weighted by atomic mass is 9.89. The predicted molar refractivity (Wildman–Crippen MR) is 99.1 cm³/mol. The Morgan fingerprint density at radius 3 is 2.45 bits per heavy atom. The van der Waals surface area contributed by atoms with Crippen molar-refractivity contribution in [3.05, 3.63) is 35.9 Å². The summed E-state index contributed by atoms with van der Waals surface area (Å²) >= 11 is 3.66. The number of alkyl halides is 1. The molecule has 0 N–H and O–H groups in total. The molecule has 1 aromatic carbocycles. The van der Waals surface area contributed by atoms with Crippen LogP contribution in [0.15, 0.2) is 30.3 Å². The third kappa shape index (κ3) is 3.84. The summed E-state index contributed by atoms with van der Waals surface area (Å²) in [4.78, 5) is 0. The maximum absolute atomic E-state index is 6.40. The summed E-state index contributed by atoms with van der Waals surface area (Å²) in [6, 6.07) is 10.6. The van der Waals surface area contributed by atoms with Crippen LogP contribution in [-0.2, 0) is 14.8 Å². The summed E-state index contributed by atoms with van der Waals surface area (Å²) in [5.74, 6) is 0.479. The summed E-state index contributed by atoms with van der Waals surface area (Å²) < 4.78 is 12.6. The summed E-state index contributed by atoms with van der Waals surface area (Å²) in [5, 5.41) is 1.10. The van der Waals surface area contributed by atoms with E-state index < -0.39 is 8.32 Å². The minimum atomic E-state index is -1.68. The van der Waals surface area contributed by atoms with Gasteiger partial charge in [-0.15, -0.1) is 0 Å². The second-order valence-electron chi connectivity index (χ2n) is 7.95. The van der Waals surface area contributed by atoms with Crippen molar-refractivity contribution < 1.29 is 9.16 Å². The fourth-order valence-corrected chi connectivity index (χ4v) is 4.42. The van der Waals surface area contributed by atoms with Gasteiger partial charge in [-0.1, -0.05) is 67.0 Å². The van der Waals surface area contributed by atoms with Gasteiger partial charge in [0.25, 0.3) is 0 Å². The van der Waals surface area contributed by atoms with E-state index in [1.165, 1.54) is 5.56 Å². The van der Waals surface area contributed by atoms with E-state index >= 15 is 0 Å². The Morgan fingerprint density at radius 1 is 1.27 bits per heavy atom. The molecule has 0 bridgehead atoms. The predicted octanol–water partition coefficient (Wildman–Crippen LogP) is 5.34. The fraction of sp³-hybridized carbons (Fsp3) is 0.667. The van der Waals surface area contributed by atoms with E-state index in [4.69, 9.17) is 9.16 Å². The van der Waals surface area contributed by atoms with E-state index in [2.05, 4.69) is 80.1 Å². The van der Waals surface area contributed by atoms with E-state index in [-0.39, 0.29) is 10.6 Å². The minimum Gasteiger partial charge on any atom is -0.416 e. The van der Waals surface area contributed by atoms with Crippen molar-refractivity contribution in [1.29, 1.82) is 0 Å². The molecule has 0 saturated carbocycles. The average Bonchev–Trinajstić information content (AvgIpc) is 2.90. The lowest BCUT2D eigenvalue weighted by Crippen LogP contribution is -2.42. The largest absolute Gasteiger partial charge is 0.416 e. The molecule has 1 aliphatic rings. The molecule has 4 heteroatoms. The quantitative estimate of drug-likeness (QED) is 0.503. The normalized spacial score (nSPS) is 26.4. The zero-order valence-electron chi connectivity index (χ0n) is 14.5. The highest BCUT2D eigenvalue weighted by atomic mass is 79.9. The van der Waals surface area contributed by atoms with Crippen molar-refractivity contribution >= 4 is 24.2 Å². The molecule has 2 atom stereocenters. The Morgan fingerprint density at radius 2 is 1.91 bits per heavy atom. The van der Waals surface area contributed by atoms with Gasteiger partial charge in [0, 0.05) is 17.9 Å². The molecule has 0 aliphatic carbocycles. The molecule has 0 unspecified atom stereocenters. The molecule has 1 aliphatic heterocycles. The third-order valence-electron chi connectivity index (χ3n) is 5.22. The van der Waals surface area contributed by atoms with E-state index in [9.17, 15) is 0 Å². The molecule has 124 valence electrons. The molecule has 22 heavy (non-hydrogen) atoms. The highest BCUT2D eigenvalue weighted by Crippen LogP contribution is 2.42. The monoisotopic (exact) mass is 384 g/mol. The highest BCUT2D eigenvalue weighted by molar-refractivity contribution is 9.09. The summed E-state index contributed by atoms with van der Waals surface area (Å²) in [6.45, 7) is 13.1. The average molecular weight is 385 g/mol. The van der Waals surface area contributed by atoms with Crippen LogP contribution in [0.5, 0.6) is 0 Å². The maximum Gasteiger partial charge on any atom is 0.191 e. The molecular formula is C18H29BrO2Si. The van der Waals surface area contributed by atoms with Gasteiger partial charge in [-0.2, -0.15) is 0 Å². The topological polar surface area (TPSA) is 18.5 Å². The SMILES string of the molecule is CC(C)(C)[Si](C)(C)OC[C@H]1CO[C@](CBr)(c2ccccc2)C1. The molecule has 0 aromatic heterocycles. The fourth-order valence-electron chi connectivity index (χ4n) is 2.62. The van der Waals surface area contributed by atoms with Gasteiger partial charge in [-0.05, 0) is 30.1 Å². The smallest absolute Gasteiger partial charge is 0.191 e. The zero-order valence-corrected chi connectivity index (χ0v) is 17.1. The molecule has 0 radical (unpaired) electrons. The van der Waals surface area contributed by atoms with Crippen LogP contribution in [0.1, 0.15) is 32.8 Å². The first kappa shape index (κ1) is 18.2. The van der Waals surface area contributed by atoms with Crippen molar-refractivity contribution in [2.24, 2.45) is 5.92 Å². The first-order chi connectivity index (χ1) is 10.2. The van der Waals surface area contributed by atoms with Crippen LogP contribution in [-0.4, -0.2) is 26.9 Å². The second kappa shape index (κ2) is 6.76. The van der Waals surface area contributed by atoms with Gasteiger partial charge in [0.15, 0.2) is 8.32 Å². The highest BCUT2D eigenvalue weighted by Gasteiger charge is 2.43. The molecule has 2 nitrogen and oxygen atoms in total. The summed E-state index contributed by atoms with van der Waals surface area (Å²) in [5.41, 5.74) is 1.07. The van der Waals surface area contributed by atoms with Crippen molar-refractivity contribution in [2.75, 3.05) is 18.5 Å². The Hall–Kier alpha value is -0.163. The van der Waals surface area contributed by atoms with Crippen LogP contribution in [0, 0.1) is 5.92 Å². The van der Waals surface area contributed by atoms with Crippen molar-refractivity contribution in [2.45, 2.75) is 50.9 Å². The molecule has 1 heterocycles. The van der Waals surface area contributed by atoms with Crippen LogP contribution >= 0.6 is 15.9 Å². The number of rotatable bonds is 5. The molecule has 1 saturated heterocycles. The third-order valence-corrected chi connectivity index (χ3v) is 10.6. The van der Waals surface area contributed by atoms with Crippen LogP contribution < -0.4 is 0 Å². The summed E-state index contributed by atoms with van der Waals surface area (Å²) in [7, 11) is -1.68. The second-order valence-corrected chi connectivity index (χ2v) is 13.3. The van der Waals surface area contributed by atoms with Crippen LogP contribution in [0.2, 0.25) is 18.1 Å². The van der Waals surface area contributed by atoms with Crippen molar-refractivity contribution in [3.8, 4) is 0 Å². The molecule has 1 fully saturated rings. The number of hydrogen-bond acceptors (Lipinski definition) is 2. The molecule has 2 rings (SSSR count). The number of benzene rings is 1. The van der Waals surface area contributed by atoms with Crippen LogP contribution in [0.25, 0.3) is 0 Å². The summed E-state index contributed by atoms with van der Waals surface area (Å²) in [6.07, 6.45) is 1.02. The van der Waals surface area contributed by atoms with Crippen molar-refractivity contribution in [3.63, 3.8) is 0 Å². The van der Waals surface area contributed by atoms with Gasteiger partial charge >= 0.3 is 0 Å². The lowest BCUT2D eigenvalue weighted by Gasteiger charge is -2.37. The molecule has 0 amide bonds. The van der Waals surface area contributed by atoms with Gasteiger partial charge in [0.1, 0.15) is 5.60 Å². The number of hydrogen-bond donors (Lipinski definition) is 0. The van der Waals surface area contributed by atoms with Gasteiger partial charge in [0.2, 0.25) is 0 Å². The van der Waals surface area contributed by atoms with Gasteiger partial charge < -0.3 is 9.16 Å². The maximum atomic E-state index is 6.40. The number of halogens is 1. The lowest BCUT2D eigenvalue weighted by molar-refractivity contribution is 0.0201. The van der Waals surface area contributed by atoms with Gasteiger partial charge in [-0.25, -0.2) is 0 Å². The first-order valence-electron chi connectivity index (χ1n) is 8.10. The number of ether oxygens (including phenoxy) is 1. The molecule has 0 spiro atoms. The minimum absolute atomic E-state index is 0.192. The Balaban J connectivity index is 2.00. The zero-order chi connectivity index (χ0) is 16.4. The Bertz CT molecular complexity index is 484. The van der Waals surface area contributed by atoms with Crippen molar-refractivity contribution in [1.82, 2.24) is 0 Å². The molecular weight excluding hydrogens is 356 g/mol. The Labute approximate surface area is 144 Å². The van der Waals surface area contributed by atoms with E-state index in [1.807, 2.05) is 0 Å². The van der Waals surface area contributed by atoms with Crippen LogP contribution in [0.4, 0.5) is 0 Å². The Kier molecular flexibility index (Phi) is 5.58. The first-order valence-corrected chi connectivity index (χ1v) is 12.1. The van der Waals surface area contributed by atoms with E-state index in [1.54, 1.807) is 0 Å². The molecule has 1 aromatic rings. The van der Waals surface area contributed by atoms with Crippen LogP contribution in [0.3, 0.4) is 0 Å². The van der Waals surface area contributed by atoms with E-state index in [0.717, 1.165) is 25.0 Å². The van der Waals surface area contributed by atoms with Gasteiger partial charge in [0.05, 0.1) is 6.61 Å². The van der Waals surface area contributed by atoms with Gasteiger partial charge in [-0.3, -0.25) is 0 Å². The standard InChI is InChI=1S/C18H29BrO2Si/c1-17(2,3)22(4,5)21-13-15-11-18(14-19,20-12-15)16-9-7-6-8-10-16/h6-10,15H,11-14H2,1-5H3/t15-,18-/m1/s1.